The molecule has 0 heterocycles. The van der Waals surface area contributed by atoms with Gasteiger partial charge < -0.3 is 5.11 Å². The van der Waals surface area contributed by atoms with Gasteiger partial charge in [-0.1, -0.05) is 43.9 Å². The fourth-order valence-electron chi connectivity index (χ4n) is 2.82. The summed E-state index contributed by atoms with van der Waals surface area (Å²) in [6, 6.07) is 6.23. The average molecular weight is 218 g/mol. The Morgan fingerprint density at radius 1 is 1.25 bits per heavy atom. The number of aryl methyl sites for hydroxylation is 1. The molecule has 0 aliphatic heterocycles. The lowest BCUT2D eigenvalue weighted by Gasteiger charge is -2.18. The van der Waals surface area contributed by atoms with Crippen LogP contribution in [0.2, 0.25) is 0 Å². The molecule has 16 heavy (non-hydrogen) atoms. The number of aliphatic hydroxyl groups is 1. The van der Waals surface area contributed by atoms with Gasteiger partial charge >= 0.3 is 0 Å². The van der Waals surface area contributed by atoms with Gasteiger partial charge in [-0.3, -0.25) is 0 Å². The molecule has 2 rings (SSSR count). The second kappa shape index (κ2) is 5.01. The predicted molar refractivity (Wildman–Crippen MR) is 67.5 cm³/mol. The Morgan fingerprint density at radius 2 is 1.94 bits per heavy atom. The molecule has 1 nitrogen and oxygen atoms in total. The van der Waals surface area contributed by atoms with Crippen LogP contribution in [0, 0.1) is 19.8 Å². The van der Waals surface area contributed by atoms with E-state index in [2.05, 4.69) is 32.0 Å². The summed E-state index contributed by atoms with van der Waals surface area (Å²) in [6.45, 7) is 4.23. The van der Waals surface area contributed by atoms with E-state index in [9.17, 15) is 5.11 Å². The van der Waals surface area contributed by atoms with E-state index < -0.39 is 0 Å². The lowest BCUT2D eigenvalue weighted by atomic mass is 9.92. The monoisotopic (exact) mass is 218 g/mol. The zero-order valence-corrected chi connectivity index (χ0v) is 10.4. The molecule has 0 aromatic heterocycles. The van der Waals surface area contributed by atoms with Gasteiger partial charge in [-0.15, -0.1) is 0 Å². The number of hydrogen-bond acceptors (Lipinski definition) is 1. The van der Waals surface area contributed by atoms with Gasteiger partial charge in [0, 0.05) is 0 Å². The smallest absolute Gasteiger partial charge is 0.0795 e. The molecule has 0 bridgehead atoms. The molecule has 1 atom stereocenters. The Labute approximate surface area is 98.5 Å². The third kappa shape index (κ3) is 2.46. The zero-order valence-electron chi connectivity index (χ0n) is 10.4. The van der Waals surface area contributed by atoms with Crippen LogP contribution in [-0.2, 0) is 0 Å². The first-order chi connectivity index (χ1) is 7.68. The van der Waals surface area contributed by atoms with E-state index in [4.69, 9.17) is 0 Å². The van der Waals surface area contributed by atoms with E-state index >= 15 is 0 Å². The van der Waals surface area contributed by atoms with Gasteiger partial charge in [-0.2, -0.15) is 0 Å². The van der Waals surface area contributed by atoms with Crippen LogP contribution in [-0.4, -0.2) is 5.11 Å². The van der Waals surface area contributed by atoms with E-state index in [-0.39, 0.29) is 6.10 Å². The maximum Gasteiger partial charge on any atom is 0.0795 e. The van der Waals surface area contributed by atoms with Gasteiger partial charge in [0.2, 0.25) is 0 Å². The highest BCUT2D eigenvalue weighted by Gasteiger charge is 2.20. The van der Waals surface area contributed by atoms with Crippen LogP contribution in [0.25, 0.3) is 0 Å². The van der Waals surface area contributed by atoms with Crippen molar-refractivity contribution in [1.29, 1.82) is 0 Å². The van der Waals surface area contributed by atoms with E-state index in [1.165, 1.54) is 36.8 Å². The fourth-order valence-corrected chi connectivity index (χ4v) is 2.82. The van der Waals surface area contributed by atoms with Crippen LogP contribution >= 0.6 is 0 Å². The summed E-state index contributed by atoms with van der Waals surface area (Å²) in [5, 5.41) is 10.3. The fraction of sp³-hybridized carbons (Fsp3) is 0.600. The molecule has 1 saturated carbocycles. The molecule has 1 aliphatic carbocycles. The predicted octanol–water partition coefficient (Wildman–Crippen LogP) is 3.92. The van der Waals surface area contributed by atoms with Gasteiger partial charge in [0.1, 0.15) is 0 Å². The molecule has 1 aliphatic rings. The summed E-state index contributed by atoms with van der Waals surface area (Å²) in [6.07, 6.45) is 6.01. The van der Waals surface area contributed by atoms with Crippen molar-refractivity contribution in [3.8, 4) is 0 Å². The Bertz CT molecular complexity index is 350. The van der Waals surface area contributed by atoms with E-state index in [1.807, 2.05) is 0 Å². The van der Waals surface area contributed by atoms with Crippen molar-refractivity contribution in [1.82, 2.24) is 0 Å². The first kappa shape index (κ1) is 11.7. The standard InChI is InChI=1S/C15H22O/c1-11-6-5-9-14(12(11)2)15(16)10-13-7-3-4-8-13/h5-6,9,13,15-16H,3-4,7-8,10H2,1-2H3. The Balaban J connectivity index is 2.07. The van der Waals surface area contributed by atoms with Crippen molar-refractivity contribution in [2.24, 2.45) is 5.92 Å². The highest BCUT2D eigenvalue weighted by Crippen LogP contribution is 2.34. The molecular formula is C15H22O. The Morgan fingerprint density at radius 3 is 2.62 bits per heavy atom. The van der Waals surface area contributed by atoms with Gasteiger partial charge in [0.25, 0.3) is 0 Å². The van der Waals surface area contributed by atoms with Crippen LogP contribution in [0.15, 0.2) is 18.2 Å². The van der Waals surface area contributed by atoms with Crippen molar-refractivity contribution >= 4 is 0 Å². The zero-order chi connectivity index (χ0) is 11.5. The topological polar surface area (TPSA) is 20.2 Å². The van der Waals surface area contributed by atoms with Crippen LogP contribution in [0.4, 0.5) is 0 Å². The van der Waals surface area contributed by atoms with Crippen molar-refractivity contribution < 1.29 is 5.11 Å². The molecule has 1 aromatic carbocycles. The van der Waals surface area contributed by atoms with Crippen LogP contribution in [0.1, 0.15) is 54.9 Å². The Hall–Kier alpha value is -0.820. The van der Waals surface area contributed by atoms with Gasteiger partial charge in [0.15, 0.2) is 0 Å². The lowest BCUT2D eigenvalue weighted by molar-refractivity contribution is 0.144. The minimum atomic E-state index is -0.261. The number of benzene rings is 1. The van der Waals surface area contributed by atoms with E-state index in [0.29, 0.717) is 0 Å². The third-order valence-electron chi connectivity index (χ3n) is 4.04. The molecule has 1 heteroatoms. The van der Waals surface area contributed by atoms with Crippen molar-refractivity contribution in [3.05, 3.63) is 34.9 Å². The van der Waals surface area contributed by atoms with Crippen LogP contribution in [0.3, 0.4) is 0 Å². The minimum Gasteiger partial charge on any atom is -0.388 e. The SMILES string of the molecule is Cc1cccc(C(O)CC2CCCC2)c1C. The largest absolute Gasteiger partial charge is 0.388 e. The quantitative estimate of drug-likeness (QED) is 0.815. The lowest BCUT2D eigenvalue weighted by Crippen LogP contribution is -2.06. The molecule has 88 valence electrons. The average Bonchev–Trinajstić information content (AvgIpc) is 2.74. The molecule has 1 N–H and O–H groups in total. The molecular weight excluding hydrogens is 196 g/mol. The number of aliphatic hydroxyl groups excluding tert-OH is 1. The Kier molecular flexibility index (Phi) is 3.65. The molecule has 1 unspecified atom stereocenters. The summed E-state index contributed by atoms with van der Waals surface area (Å²) < 4.78 is 0. The van der Waals surface area contributed by atoms with E-state index in [0.717, 1.165) is 17.9 Å². The summed E-state index contributed by atoms with van der Waals surface area (Å²) in [5.41, 5.74) is 3.67. The van der Waals surface area contributed by atoms with Crippen molar-refractivity contribution in [3.63, 3.8) is 0 Å². The molecule has 0 saturated heterocycles. The third-order valence-corrected chi connectivity index (χ3v) is 4.04. The summed E-state index contributed by atoms with van der Waals surface area (Å²) in [7, 11) is 0. The second-order valence-corrected chi connectivity index (χ2v) is 5.19. The first-order valence-corrected chi connectivity index (χ1v) is 6.42. The van der Waals surface area contributed by atoms with E-state index in [1.54, 1.807) is 0 Å². The van der Waals surface area contributed by atoms with Gasteiger partial charge in [-0.05, 0) is 42.9 Å². The number of hydrogen-bond donors (Lipinski definition) is 1. The maximum absolute atomic E-state index is 10.3. The highest BCUT2D eigenvalue weighted by molar-refractivity contribution is 5.34. The van der Waals surface area contributed by atoms with Gasteiger partial charge in [-0.25, -0.2) is 0 Å². The van der Waals surface area contributed by atoms with Crippen LogP contribution < -0.4 is 0 Å². The normalized spacial score (nSPS) is 18.9. The van der Waals surface area contributed by atoms with Crippen molar-refractivity contribution in [2.45, 2.75) is 52.1 Å². The first-order valence-electron chi connectivity index (χ1n) is 6.42. The van der Waals surface area contributed by atoms with Crippen LogP contribution in [0.5, 0.6) is 0 Å². The molecule has 0 radical (unpaired) electrons. The summed E-state index contributed by atoms with van der Waals surface area (Å²) >= 11 is 0. The summed E-state index contributed by atoms with van der Waals surface area (Å²) in [4.78, 5) is 0. The number of rotatable bonds is 3. The second-order valence-electron chi connectivity index (χ2n) is 5.19. The summed E-state index contributed by atoms with van der Waals surface area (Å²) in [5.74, 6) is 0.745. The molecule has 1 aromatic rings. The minimum absolute atomic E-state index is 0.261. The highest BCUT2D eigenvalue weighted by atomic mass is 16.3. The molecule has 0 amide bonds. The maximum atomic E-state index is 10.3. The molecule has 1 fully saturated rings. The van der Waals surface area contributed by atoms with Crippen molar-refractivity contribution in [2.75, 3.05) is 0 Å². The van der Waals surface area contributed by atoms with Gasteiger partial charge in [0.05, 0.1) is 6.10 Å². The molecule has 0 spiro atoms.